The average Bonchev–Trinajstić information content (AvgIpc) is 3.12. The van der Waals surface area contributed by atoms with Crippen LogP contribution < -0.4 is 4.74 Å². The van der Waals surface area contributed by atoms with E-state index in [4.69, 9.17) is 4.74 Å². The van der Waals surface area contributed by atoms with Gasteiger partial charge < -0.3 is 14.7 Å². The molecule has 2 atom stereocenters. The average molecular weight is 346 g/mol. The van der Waals surface area contributed by atoms with Crippen LogP contribution in [0.2, 0.25) is 0 Å². The maximum Gasteiger partial charge on any atom is 0.327 e. The van der Waals surface area contributed by atoms with Gasteiger partial charge in [0.2, 0.25) is 0 Å². The van der Waals surface area contributed by atoms with Gasteiger partial charge >= 0.3 is 6.03 Å². The number of benzene rings is 1. The van der Waals surface area contributed by atoms with Crippen molar-refractivity contribution in [2.75, 3.05) is 19.7 Å². The Morgan fingerprint density at radius 3 is 2.52 bits per heavy atom. The lowest BCUT2D eigenvalue weighted by Gasteiger charge is -2.21. The number of carbonyl (C=O) groups is 2. The van der Waals surface area contributed by atoms with Gasteiger partial charge in [-0.15, -0.1) is 0 Å². The Hall–Kier alpha value is -2.08. The molecule has 2 heterocycles. The summed E-state index contributed by atoms with van der Waals surface area (Å²) < 4.78 is 5.60. The normalized spacial score (nSPS) is 21.7. The predicted molar refractivity (Wildman–Crippen MR) is 93.5 cm³/mol. The fourth-order valence-electron chi connectivity index (χ4n) is 3.36. The molecule has 0 radical (unpaired) electrons. The molecule has 6 heteroatoms. The number of hydrogen-bond acceptors (Lipinski definition) is 4. The van der Waals surface area contributed by atoms with Crippen molar-refractivity contribution in [1.29, 1.82) is 0 Å². The molecule has 3 amide bonds. The van der Waals surface area contributed by atoms with Crippen LogP contribution in [0.25, 0.3) is 0 Å². The lowest BCUT2D eigenvalue weighted by Crippen LogP contribution is -2.41. The fourth-order valence-corrected chi connectivity index (χ4v) is 3.36. The van der Waals surface area contributed by atoms with E-state index in [2.05, 4.69) is 20.8 Å². The van der Waals surface area contributed by atoms with Crippen molar-refractivity contribution in [3.05, 3.63) is 29.8 Å². The molecule has 0 spiro atoms. The predicted octanol–water partition coefficient (Wildman–Crippen LogP) is 2.15. The molecular formula is C19H26N2O4. The minimum atomic E-state index is -0.907. The summed E-state index contributed by atoms with van der Waals surface area (Å²) in [6.07, 6.45) is 0.676. The van der Waals surface area contributed by atoms with Crippen molar-refractivity contribution in [3.63, 3.8) is 0 Å². The van der Waals surface area contributed by atoms with Gasteiger partial charge in [-0.2, -0.15) is 0 Å². The second-order valence-electron chi connectivity index (χ2n) is 7.82. The van der Waals surface area contributed by atoms with E-state index in [9.17, 15) is 14.7 Å². The Labute approximate surface area is 148 Å². The van der Waals surface area contributed by atoms with Crippen LogP contribution in [0.1, 0.15) is 39.2 Å². The SMILES string of the molecule is CC(C)(C)c1ccc(OCC(O)CN2C(=O)C3CCCN3C2=O)cc1. The van der Waals surface area contributed by atoms with Crippen LogP contribution in [0.15, 0.2) is 24.3 Å². The molecule has 1 N–H and O–H groups in total. The van der Waals surface area contributed by atoms with Gasteiger partial charge in [-0.3, -0.25) is 9.69 Å². The highest BCUT2D eigenvalue weighted by atomic mass is 16.5. The van der Waals surface area contributed by atoms with Gasteiger partial charge in [-0.1, -0.05) is 32.9 Å². The van der Waals surface area contributed by atoms with Crippen molar-refractivity contribution in [2.45, 2.75) is 51.2 Å². The smallest absolute Gasteiger partial charge is 0.327 e. The van der Waals surface area contributed by atoms with Crippen molar-refractivity contribution >= 4 is 11.9 Å². The minimum Gasteiger partial charge on any atom is -0.491 e. The van der Waals surface area contributed by atoms with Gasteiger partial charge in [0.1, 0.15) is 24.5 Å². The van der Waals surface area contributed by atoms with Crippen LogP contribution in [0.5, 0.6) is 5.75 Å². The first-order valence-electron chi connectivity index (χ1n) is 8.81. The number of aliphatic hydroxyl groups is 1. The number of imide groups is 1. The second-order valence-corrected chi connectivity index (χ2v) is 7.82. The Balaban J connectivity index is 1.52. The van der Waals surface area contributed by atoms with Crippen LogP contribution in [0.3, 0.4) is 0 Å². The van der Waals surface area contributed by atoms with Crippen LogP contribution >= 0.6 is 0 Å². The molecular weight excluding hydrogens is 320 g/mol. The monoisotopic (exact) mass is 346 g/mol. The summed E-state index contributed by atoms with van der Waals surface area (Å²) in [6.45, 7) is 7.06. The van der Waals surface area contributed by atoms with Crippen molar-refractivity contribution in [3.8, 4) is 5.75 Å². The van der Waals surface area contributed by atoms with Gasteiger partial charge in [0.25, 0.3) is 5.91 Å². The molecule has 136 valence electrons. The van der Waals surface area contributed by atoms with E-state index < -0.39 is 6.10 Å². The summed E-state index contributed by atoms with van der Waals surface area (Å²) >= 11 is 0. The fraction of sp³-hybridized carbons (Fsp3) is 0.579. The van der Waals surface area contributed by atoms with E-state index in [1.165, 1.54) is 5.56 Å². The number of rotatable bonds is 5. The molecule has 0 aromatic heterocycles. The zero-order chi connectivity index (χ0) is 18.2. The molecule has 0 aliphatic carbocycles. The van der Waals surface area contributed by atoms with Crippen LogP contribution in [0.4, 0.5) is 4.79 Å². The molecule has 25 heavy (non-hydrogen) atoms. The standard InChI is InChI=1S/C19H26N2O4/c1-19(2,3)13-6-8-15(9-7-13)25-12-14(22)11-21-17(23)16-5-4-10-20(16)18(21)24/h6-9,14,16,22H,4-5,10-12H2,1-3H3. The maximum atomic E-state index is 12.3. The first kappa shape index (κ1) is 17.7. The lowest BCUT2D eigenvalue weighted by atomic mass is 9.87. The highest BCUT2D eigenvalue weighted by Crippen LogP contribution is 2.27. The van der Waals surface area contributed by atoms with E-state index >= 15 is 0 Å². The molecule has 3 rings (SSSR count). The molecule has 0 saturated carbocycles. The largest absolute Gasteiger partial charge is 0.491 e. The number of hydrogen-bond donors (Lipinski definition) is 1. The molecule has 1 aromatic carbocycles. The molecule has 1 aromatic rings. The first-order chi connectivity index (χ1) is 11.8. The second kappa shape index (κ2) is 6.67. The minimum absolute atomic E-state index is 0.0231. The molecule has 0 bridgehead atoms. The highest BCUT2D eigenvalue weighted by molar-refractivity contribution is 6.04. The first-order valence-corrected chi connectivity index (χ1v) is 8.81. The van der Waals surface area contributed by atoms with E-state index in [1.807, 2.05) is 24.3 Å². The number of carbonyl (C=O) groups excluding carboxylic acids is 2. The topological polar surface area (TPSA) is 70.1 Å². The van der Waals surface area contributed by atoms with Gasteiger partial charge in [0.15, 0.2) is 0 Å². The van der Waals surface area contributed by atoms with Gasteiger partial charge in [0, 0.05) is 6.54 Å². The van der Waals surface area contributed by atoms with E-state index in [1.54, 1.807) is 4.90 Å². The summed E-state index contributed by atoms with van der Waals surface area (Å²) in [6, 6.07) is 7.13. The Morgan fingerprint density at radius 2 is 1.92 bits per heavy atom. The van der Waals surface area contributed by atoms with Crippen molar-refractivity contribution < 1.29 is 19.4 Å². The molecule has 2 saturated heterocycles. The quantitative estimate of drug-likeness (QED) is 0.830. The van der Waals surface area contributed by atoms with E-state index in [-0.39, 0.29) is 36.5 Å². The molecule has 2 unspecified atom stereocenters. The van der Waals surface area contributed by atoms with Crippen molar-refractivity contribution in [1.82, 2.24) is 9.80 Å². The van der Waals surface area contributed by atoms with E-state index in [0.717, 1.165) is 11.3 Å². The number of nitrogens with zero attached hydrogens (tertiary/aromatic N) is 2. The third-order valence-corrected chi connectivity index (χ3v) is 4.84. The Bertz CT molecular complexity index is 628. The summed E-state index contributed by atoms with van der Waals surface area (Å²) in [7, 11) is 0. The van der Waals surface area contributed by atoms with Gasteiger partial charge in [-0.05, 0) is 36.0 Å². The number of fused-ring (bicyclic) bond motifs is 1. The van der Waals surface area contributed by atoms with Crippen LogP contribution in [0, 0.1) is 0 Å². The highest BCUT2D eigenvalue weighted by Gasteiger charge is 2.47. The zero-order valence-electron chi connectivity index (χ0n) is 15.1. The third kappa shape index (κ3) is 3.63. The number of ether oxygens (including phenoxy) is 1. The summed E-state index contributed by atoms with van der Waals surface area (Å²) in [5.74, 6) is 0.461. The van der Waals surface area contributed by atoms with E-state index in [0.29, 0.717) is 18.7 Å². The molecule has 2 aliphatic heterocycles. The van der Waals surface area contributed by atoms with Gasteiger partial charge in [-0.25, -0.2) is 4.79 Å². The van der Waals surface area contributed by atoms with Crippen LogP contribution in [-0.2, 0) is 10.2 Å². The maximum absolute atomic E-state index is 12.3. The molecule has 2 fully saturated rings. The summed E-state index contributed by atoms with van der Waals surface area (Å²) in [5, 5.41) is 10.2. The Kier molecular flexibility index (Phi) is 4.73. The van der Waals surface area contributed by atoms with Crippen molar-refractivity contribution in [2.24, 2.45) is 0 Å². The summed E-state index contributed by atoms with van der Waals surface area (Å²) in [4.78, 5) is 27.2. The molecule has 6 nitrogen and oxygen atoms in total. The third-order valence-electron chi connectivity index (χ3n) is 4.84. The lowest BCUT2D eigenvalue weighted by molar-refractivity contribution is -0.129. The van der Waals surface area contributed by atoms with Gasteiger partial charge in [0.05, 0.1) is 6.54 Å². The number of β-amino-alcohol motifs (C(OH)–C–C–N with tert-alkyl or cyclic N) is 1. The number of aliphatic hydroxyl groups excluding tert-OH is 1. The summed E-state index contributed by atoms with van der Waals surface area (Å²) in [5.41, 5.74) is 1.27. The Morgan fingerprint density at radius 1 is 1.24 bits per heavy atom. The molecule has 2 aliphatic rings. The van der Waals surface area contributed by atoms with Crippen LogP contribution in [-0.4, -0.2) is 58.7 Å². The number of amides is 3. The zero-order valence-corrected chi connectivity index (χ0v) is 15.1. The number of urea groups is 1.